The van der Waals surface area contributed by atoms with Crippen molar-refractivity contribution in [1.82, 2.24) is 10.3 Å². The Morgan fingerprint density at radius 1 is 1.62 bits per heavy atom. The van der Waals surface area contributed by atoms with E-state index in [1.54, 1.807) is 0 Å². The first-order valence-corrected chi connectivity index (χ1v) is 5.55. The molecule has 5 nitrogen and oxygen atoms in total. The molecule has 1 atom stereocenters. The third-order valence-corrected chi connectivity index (χ3v) is 2.29. The van der Waals surface area contributed by atoms with E-state index in [0.717, 1.165) is 6.42 Å². The summed E-state index contributed by atoms with van der Waals surface area (Å²) in [6.45, 7) is 6.58. The lowest BCUT2D eigenvalue weighted by Crippen LogP contribution is -2.24. The van der Waals surface area contributed by atoms with E-state index in [1.807, 2.05) is 20.8 Å². The van der Waals surface area contributed by atoms with Crippen LogP contribution in [-0.2, 0) is 0 Å². The minimum absolute atomic E-state index is 0.215. The molecular weight excluding hydrogens is 206 g/mol. The Kier molecular flexibility index (Phi) is 4.49. The highest BCUT2D eigenvalue weighted by Crippen LogP contribution is 2.17. The molecular formula is C11H19N3O2. The van der Waals surface area contributed by atoms with Crippen molar-refractivity contribution in [3.05, 3.63) is 17.8 Å². The second-order valence-electron chi connectivity index (χ2n) is 4.10. The van der Waals surface area contributed by atoms with Gasteiger partial charge in [0.2, 0.25) is 5.89 Å². The van der Waals surface area contributed by atoms with Crippen LogP contribution in [0.15, 0.2) is 10.7 Å². The van der Waals surface area contributed by atoms with E-state index in [1.165, 1.54) is 6.26 Å². The van der Waals surface area contributed by atoms with Crippen molar-refractivity contribution in [2.75, 3.05) is 6.54 Å². The fourth-order valence-corrected chi connectivity index (χ4v) is 1.16. The van der Waals surface area contributed by atoms with Gasteiger partial charge in [-0.1, -0.05) is 20.8 Å². The highest BCUT2D eigenvalue weighted by atomic mass is 16.3. The van der Waals surface area contributed by atoms with Gasteiger partial charge >= 0.3 is 0 Å². The smallest absolute Gasteiger partial charge is 0.273 e. The summed E-state index contributed by atoms with van der Waals surface area (Å²) in [4.78, 5) is 15.6. The third kappa shape index (κ3) is 3.06. The molecule has 0 fully saturated rings. The molecule has 1 amide bonds. The predicted molar refractivity (Wildman–Crippen MR) is 60.9 cm³/mol. The van der Waals surface area contributed by atoms with Gasteiger partial charge in [-0.15, -0.1) is 0 Å². The maximum absolute atomic E-state index is 11.5. The Bertz CT molecular complexity index is 347. The number of nitrogens with zero attached hydrogens (tertiary/aromatic N) is 1. The van der Waals surface area contributed by atoms with E-state index in [9.17, 15) is 4.79 Å². The number of hydrogen-bond acceptors (Lipinski definition) is 4. The van der Waals surface area contributed by atoms with Crippen molar-refractivity contribution < 1.29 is 9.21 Å². The quantitative estimate of drug-likeness (QED) is 0.795. The van der Waals surface area contributed by atoms with Crippen molar-refractivity contribution in [3.8, 4) is 0 Å². The maximum Gasteiger partial charge on any atom is 0.273 e. The fraction of sp³-hybridized carbons (Fsp3) is 0.636. The summed E-state index contributed by atoms with van der Waals surface area (Å²) in [7, 11) is 0. The lowest BCUT2D eigenvalue weighted by atomic mass is 10.1. The van der Waals surface area contributed by atoms with Crippen molar-refractivity contribution in [2.45, 2.75) is 33.2 Å². The number of carbonyl (C=O) groups excluding carboxylic acids is 1. The van der Waals surface area contributed by atoms with Crippen LogP contribution in [0.2, 0.25) is 0 Å². The molecule has 16 heavy (non-hydrogen) atoms. The summed E-state index contributed by atoms with van der Waals surface area (Å²) in [6.07, 6.45) is 2.24. The molecule has 90 valence electrons. The second kappa shape index (κ2) is 5.65. The van der Waals surface area contributed by atoms with Gasteiger partial charge in [-0.05, 0) is 12.3 Å². The van der Waals surface area contributed by atoms with E-state index >= 15 is 0 Å². The lowest BCUT2D eigenvalue weighted by Gasteiger charge is -2.10. The number of hydrogen-bond donors (Lipinski definition) is 2. The molecule has 1 heterocycles. The number of nitrogens with two attached hydrogens (primary N) is 1. The minimum Gasteiger partial charge on any atom is -0.446 e. The van der Waals surface area contributed by atoms with Crippen LogP contribution >= 0.6 is 0 Å². The van der Waals surface area contributed by atoms with Crippen LogP contribution in [0.4, 0.5) is 0 Å². The number of amides is 1. The number of nitrogens with one attached hydrogen (secondary N) is 1. The van der Waals surface area contributed by atoms with Crippen molar-refractivity contribution >= 4 is 5.91 Å². The maximum atomic E-state index is 11.5. The highest BCUT2D eigenvalue weighted by Gasteiger charge is 2.18. The normalized spacial score (nSPS) is 12.8. The van der Waals surface area contributed by atoms with Crippen LogP contribution in [0, 0.1) is 5.92 Å². The average Bonchev–Trinajstić information content (AvgIpc) is 2.73. The zero-order valence-electron chi connectivity index (χ0n) is 9.99. The van der Waals surface area contributed by atoms with E-state index in [2.05, 4.69) is 10.3 Å². The number of carbonyl (C=O) groups is 1. The number of aromatic nitrogens is 1. The van der Waals surface area contributed by atoms with Gasteiger partial charge in [0.15, 0.2) is 5.69 Å². The minimum atomic E-state index is -0.271. The van der Waals surface area contributed by atoms with Gasteiger partial charge in [0.1, 0.15) is 6.26 Å². The molecule has 1 aromatic heterocycles. The van der Waals surface area contributed by atoms with Crippen molar-refractivity contribution in [2.24, 2.45) is 11.7 Å². The molecule has 0 radical (unpaired) electrons. The molecule has 3 N–H and O–H groups in total. The van der Waals surface area contributed by atoms with Gasteiger partial charge in [-0.25, -0.2) is 4.98 Å². The van der Waals surface area contributed by atoms with Crippen LogP contribution in [0.25, 0.3) is 0 Å². The van der Waals surface area contributed by atoms with Crippen LogP contribution in [0.1, 0.15) is 49.6 Å². The summed E-state index contributed by atoms with van der Waals surface area (Å²) >= 11 is 0. The Morgan fingerprint density at radius 3 is 2.88 bits per heavy atom. The Labute approximate surface area is 95.4 Å². The second-order valence-corrected chi connectivity index (χ2v) is 4.10. The Hall–Kier alpha value is -1.36. The molecule has 0 aliphatic heterocycles. The molecule has 1 unspecified atom stereocenters. The van der Waals surface area contributed by atoms with Crippen molar-refractivity contribution in [1.29, 1.82) is 0 Å². The molecule has 1 aromatic rings. The number of rotatable bonds is 5. The van der Waals surface area contributed by atoms with Gasteiger partial charge < -0.3 is 15.5 Å². The first-order chi connectivity index (χ1) is 7.56. The summed E-state index contributed by atoms with van der Waals surface area (Å²) in [5, 5.41) is 2.73. The van der Waals surface area contributed by atoms with Crippen LogP contribution in [-0.4, -0.2) is 17.4 Å². The largest absolute Gasteiger partial charge is 0.446 e. The van der Waals surface area contributed by atoms with Gasteiger partial charge in [0.25, 0.3) is 5.91 Å². The molecule has 5 heteroatoms. The fourth-order valence-electron chi connectivity index (χ4n) is 1.16. The summed E-state index contributed by atoms with van der Waals surface area (Å²) < 4.78 is 5.19. The molecule has 0 aliphatic rings. The lowest BCUT2D eigenvalue weighted by molar-refractivity contribution is 0.0948. The summed E-state index contributed by atoms with van der Waals surface area (Å²) in [5.41, 5.74) is 6.15. The molecule has 1 rings (SSSR count). The molecule has 0 aromatic carbocycles. The Morgan fingerprint density at radius 2 is 2.31 bits per heavy atom. The first kappa shape index (κ1) is 12.7. The van der Waals surface area contributed by atoms with E-state index < -0.39 is 0 Å². The molecule has 0 saturated carbocycles. The SMILES string of the molecule is CCCNC(=O)c1coc(C(N)C(C)C)n1. The van der Waals surface area contributed by atoms with Crippen molar-refractivity contribution in [3.63, 3.8) is 0 Å². The predicted octanol–water partition coefficient (Wildman–Crippen LogP) is 1.47. The molecule has 0 spiro atoms. The summed E-state index contributed by atoms with van der Waals surface area (Å²) in [6, 6.07) is -0.271. The molecule has 0 saturated heterocycles. The van der Waals surface area contributed by atoms with E-state index in [4.69, 9.17) is 10.2 Å². The third-order valence-electron chi connectivity index (χ3n) is 2.29. The van der Waals surface area contributed by atoms with Gasteiger partial charge in [0, 0.05) is 6.54 Å². The topological polar surface area (TPSA) is 81.2 Å². The number of oxazole rings is 1. The standard InChI is InChI=1S/C11H19N3O2/c1-4-5-13-10(15)8-6-16-11(14-8)9(12)7(2)3/h6-7,9H,4-5,12H2,1-3H3,(H,13,15). The van der Waals surface area contributed by atoms with Crippen LogP contribution in [0.5, 0.6) is 0 Å². The monoisotopic (exact) mass is 225 g/mol. The van der Waals surface area contributed by atoms with E-state index in [0.29, 0.717) is 18.1 Å². The molecule has 0 bridgehead atoms. The highest BCUT2D eigenvalue weighted by molar-refractivity contribution is 5.91. The average molecular weight is 225 g/mol. The van der Waals surface area contributed by atoms with Gasteiger partial charge in [-0.2, -0.15) is 0 Å². The first-order valence-electron chi connectivity index (χ1n) is 5.55. The van der Waals surface area contributed by atoms with Crippen LogP contribution in [0.3, 0.4) is 0 Å². The zero-order valence-corrected chi connectivity index (χ0v) is 9.99. The molecule has 0 aliphatic carbocycles. The van der Waals surface area contributed by atoms with Gasteiger partial charge in [0.05, 0.1) is 6.04 Å². The zero-order chi connectivity index (χ0) is 12.1. The van der Waals surface area contributed by atoms with E-state index in [-0.39, 0.29) is 17.9 Å². The van der Waals surface area contributed by atoms with Gasteiger partial charge in [-0.3, -0.25) is 4.79 Å². The Balaban J connectivity index is 2.67. The summed E-state index contributed by atoms with van der Waals surface area (Å²) in [5.74, 6) is 0.426. The van der Waals surface area contributed by atoms with Crippen LogP contribution < -0.4 is 11.1 Å².